The van der Waals surface area contributed by atoms with E-state index >= 15 is 0 Å². The van der Waals surface area contributed by atoms with E-state index in [-0.39, 0.29) is 18.2 Å². The molecule has 1 fully saturated rings. The Kier molecular flexibility index (Phi) is 6.87. The Balaban J connectivity index is 1.74. The molecule has 1 saturated carbocycles. The van der Waals surface area contributed by atoms with Crippen LogP contribution in [0.3, 0.4) is 0 Å². The lowest BCUT2D eigenvalue weighted by atomic mass is 9.81. The first-order valence-electron chi connectivity index (χ1n) is 10.3. The SMILES string of the molecule is CNC(=O)[C@H](Cc1ccc(-c2ccccc2)cc1)NC(=O)C1(CC(=O)O)CCCC1. The average molecular weight is 408 g/mol. The maximum Gasteiger partial charge on any atom is 0.304 e. The second kappa shape index (κ2) is 9.57. The highest BCUT2D eigenvalue weighted by molar-refractivity contribution is 5.92. The van der Waals surface area contributed by atoms with E-state index in [9.17, 15) is 19.5 Å². The van der Waals surface area contributed by atoms with Crippen molar-refractivity contribution in [2.45, 2.75) is 44.6 Å². The van der Waals surface area contributed by atoms with E-state index in [0.717, 1.165) is 29.5 Å². The minimum atomic E-state index is -0.986. The molecule has 0 aromatic heterocycles. The number of carboxylic acid groups (broad SMARTS) is 1. The lowest BCUT2D eigenvalue weighted by Gasteiger charge is -2.28. The molecule has 0 heterocycles. The zero-order chi connectivity index (χ0) is 21.6. The highest BCUT2D eigenvalue weighted by Crippen LogP contribution is 2.41. The Morgan fingerprint density at radius 3 is 2.13 bits per heavy atom. The van der Waals surface area contributed by atoms with Gasteiger partial charge < -0.3 is 15.7 Å². The summed E-state index contributed by atoms with van der Waals surface area (Å²) in [7, 11) is 1.53. The van der Waals surface area contributed by atoms with Gasteiger partial charge in [-0.3, -0.25) is 14.4 Å². The van der Waals surface area contributed by atoms with Crippen molar-refractivity contribution in [3.8, 4) is 11.1 Å². The minimum Gasteiger partial charge on any atom is -0.481 e. The fourth-order valence-corrected chi connectivity index (χ4v) is 4.22. The van der Waals surface area contributed by atoms with Gasteiger partial charge in [0, 0.05) is 13.5 Å². The average Bonchev–Trinajstić information content (AvgIpc) is 3.23. The number of benzene rings is 2. The number of aliphatic carboxylic acids is 1. The molecule has 0 unspecified atom stereocenters. The van der Waals surface area contributed by atoms with Crippen molar-refractivity contribution in [2.75, 3.05) is 7.05 Å². The molecular formula is C24H28N2O4. The lowest BCUT2D eigenvalue weighted by molar-refractivity contribution is -0.146. The van der Waals surface area contributed by atoms with E-state index in [1.54, 1.807) is 0 Å². The second-order valence-electron chi connectivity index (χ2n) is 7.97. The van der Waals surface area contributed by atoms with E-state index in [1.807, 2.05) is 54.6 Å². The molecule has 2 amide bonds. The number of nitrogens with one attached hydrogen (secondary N) is 2. The van der Waals surface area contributed by atoms with Crippen LogP contribution in [0.25, 0.3) is 11.1 Å². The fourth-order valence-electron chi connectivity index (χ4n) is 4.22. The van der Waals surface area contributed by atoms with Crippen LogP contribution in [0.2, 0.25) is 0 Å². The number of carboxylic acids is 1. The molecule has 1 aliphatic rings. The van der Waals surface area contributed by atoms with E-state index in [2.05, 4.69) is 10.6 Å². The Morgan fingerprint density at radius 1 is 0.967 bits per heavy atom. The highest BCUT2D eigenvalue weighted by atomic mass is 16.4. The topological polar surface area (TPSA) is 95.5 Å². The molecule has 0 bridgehead atoms. The van der Waals surface area contributed by atoms with Crippen LogP contribution in [0, 0.1) is 5.41 Å². The van der Waals surface area contributed by atoms with Gasteiger partial charge in [-0.2, -0.15) is 0 Å². The van der Waals surface area contributed by atoms with E-state index in [0.29, 0.717) is 19.3 Å². The summed E-state index contributed by atoms with van der Waals surface area (Å²) in [6, 6.07) is 17.1. The quantitative estimate of drug-likeness (QED) is 0.625. The van der Waals surface area contributed by atoms with Crippen LogP contribution in [-0.2, 0) is 20.8 Å². The van der Waals surface area contributed by atoms with Crippen LogP contribution < -0.4 is 10.6 Å². The second-order valence-corrected chi connectivity index (χ2v) is 7.97. The monoisotopic (exact) mass is 408 g/mol. The van der Waals surface area contributed by atoms with Crippen molar-refractivity contribution in [3.05, 3.63) is 60.2 Å². The molecule has 6 heteroatoms. The maximum absolute atomic E-state index is 13.0. The summed E-state index contributed by atoms with van der Waals surface area (Å²) in [6.07, 6.45) is 2.86. The van der Waals surface area contributed by atoms with Crippen LogP contribution in [0.15, 0.2) is 54.6 Å². The van der Waals surface area contributed by atoms with Gasteiger partial charge in [-0.15, -0.1) is 0 Å². The van der Waals surface area contributed by atoms with Gasteiger partial charge in [0.25, 0.3) is 0 Å². The lowest BCUT2D eigenvalue weighted by Crippen LogP contribution is -2.52. The highest BCUT2D eigenvalue weighted by Gasteiger charge is 2.44. The number of amides is 2. The van der Waals surface area contributed by atoms with Crippen molar-refractivity contribution in [3.63, 3.8) is 0 Å². The van der Waals surface area contributed by atoms with Crippen LogP contribution in [0.4, 0.5) is 0 Å². The standard InChI is InChI=1S/C24H28N2O4/c1-25-22(29)20(26-23(30)24(16-21(27)28)13-5-6-14-24)15-17-9-11-19(12-10-17)18-7-3-2-4-8-18/h2-4,7-12,20H,5-6,13-16H2,1H3,(H,25,29)(H,26,30)(H,27,28)/t20-/m0/s1. The number of carbonyl (C=O) groups is 3. The van der Waals surface area contributed by atoms with Crippen molar-refractivity contribution in [1.82, 2.24) is 10.6 Å². The molecular weight excluding hydrogens is 380 g/mol. The van der Waals surface area contributed by atoms with Crippen LogP contribution in [-0.4, -0.2) is 36.0 Å². The predicted molar refractivity (Wildman–Crippen MR) is 115 cm³/mol. The summed E-state index contributed by atoms with van der Waals surface area (Å²) in [6.45, 7) is 0. The van der Waals surface area contributed by atoms with Gasteiger partial charge in [-0.25, -0.2) is 0 Å². The third-order valence-corrected chi connectivity index (χ3v) is 5.90. The smallest absolute Gasteiger partial charge is 0.304 e. The fraction of sp³-hybridized carbons (Fsp3) is 0.375. The molecule has 3 rings (SSSR count). The number of likely N-dealkylation sites (N-methyl/N-ethyl adjacent to an activating group) is 1. The van der Waals surface area contributed by atoms with Crippen molar-refractivity contribution < 1.29 is 19.5 Å². The predicted octanol–water partition coefficient (Wildman–Crippen LogP) is 3.16. The van der Waals surface area contributed by atoms with Gasteiger partial charge in [-0.05, 0) is 29.5 Å². The summed E-state index contributed by atoms with van der Waals surface area (Å²) < 4.78 is 0. The third-order valence-electron chi connectivity index (χ3n) is 5.90. The maximum atomic E-state index is 13.0. The number of rotatable bonds is 8. The van der Waals surface area contributed by atoms with Crippen molar-refractivity contribution in [2.24, 2.45) is 5.41 Å². The van der Waals surface area contributed by atoms with Gasteiger partial charge >= 0.3 is 5.97 Å². The van der Waals surface area contributed by atoms with Gasteiger partial charge in [0.2, 0.25) is 11.8 Å². The van der Waals surface area contributed by atoms with E-state index in [1.165, 1.54) is 7.05 Å². The van der Waals surface area contributed by atoms with Crippen molar-refractivity contribution in [1.29, 1.82) is 0 Å². The van der Waals surface area contributed by atoms with E-state index in [4.69, 9.17) is 0 Å². The molecule has 6 nitrogen and oxygen atoms in total. The zero-order valence-electron chi connectivity index (χ0n) is 17.2. The first-order chi connectivity index (χ1) is 14.4. The largest absolute Gasteiger partial charge is 0.481 e. The van der Waals surface area contributed by atoms with Crippen LogP contribution in [0.5, 0.6) is 0 Å². The Labute approximate surface area is 176 Å². The first kappa shape index (κ1) is 21.6. The van der Waals surface area contributed by atoms with Gasteiger partial charge in [0.15, 0.2) is 0 Å². The Bertz CT molecular complexity index is 887. The molecule has 0 aliphatic heterocycles. The van der Waals surface area contributed by atoms with E-state index < -0.39 is 17.4 Å². The molecule has 158 valence electrons. The summed E-state index contributed by atoms with van der Waals surface area (Å²) in [4.78, 5) is 36.8. The molecule has 3 N–H and O–H groups in total. The molecule has 0 spiro atoms. The molecule has 0 radical (unpaired) electrons. The molecule has 2 aromatic carbocycles. The van der Waals surface area contributed by atoms with Crippen molar-refractivity contribution >= 4 is 17.8 Å². The summed E-state index contributed by atoms with van der Waals surface area (Å²) in [5.41, 5.74) is 2.18. The number of hydrogen-bond acceptors (Lipinski definition) is 3. The number of hydrogen-bond donors (Lipinski definition) is 3. The zero-order valence-corrected chi connectivity index (χ0v) is 17.2. The van der Waals surface area contributed by atoms with Crippen LogP contribution in [0.1, 0.15) is 37.7 Å². The summed E-state index contributed by atoms with van der Waals surface area (Å²) >= 11 is 0. The Hall–Kier alpha value is -3.15. The minimum absolute atomic E-state index is 0.203. The molecule has 1 aliphatic carbocycles. The van der Waals surface area contributed by atoms with Gasteiger partial charge in [0.05, 0.1) is 11.8 Å². The number of carbonyl (C=O) groups excluding carboxylic acids is 2. The molecule has 2 aromatic rings. The normalized spacial score (nSPS) is 15.9. The Morgan fingerprint density at radius 2 is 1.57 bits per heavy atom. The molecule has 1 atom stereocenters. The third kappa shape index (κ3) is 5.06. The molecule has 0 saturated heterocycles. The molecule has 30 heavy (non-hydrogen) atoms. The van der Waals surface area contributed by atoms with Gasteiger partial charge in [-0.1, -0.05) is 67.4 Å². The first-order valence-corrected chi connectivity index (χ1v) is 10.3. The van der Waals surface area contributed by atoms with Crippen LogP contribution >= 0.6 is 0 Å². The van der Waals surface area contributed by atoms with Gasteiger partial charge in [0.1, 0.15) is 6.04 Å². The summed E-state index contributed by atoms with van der Waals surface area (Å²) in [5, 5.41) is 14.7. The summed E-state index contributed by atoms with van der Waals surface area (Å²) in [5.74, 6) is -1.61.